The second-order valence-electron chi connectivity index (χ2n) is 12.5. The average molecular weight is 618 g/mol. The van der Waals surface area contributed by atoms with Gasteiger partial charge in [-0.1, -0.05) is 43.6 Å². The Hall–Kier alpha value is -3.07. The predicted octanol–water partition coefficient (Wildman–Crippen LogP) is 7.26. The molecule has 1 N–H and O–H groups in total. The average Bonchev–Trinajstić information content (AvgIpc) is 3.01. The Morgan fingerprint density at radius 3 is 2.30 bits per heavy atom. The number of halogens is 1. The van der Waals surface area contributed by atoms with Crippen LogP contribution in [0.3, 0.4) is 0 Å². The summed E-state index contributed by atoms with van der Waals surface area (Å²) in [5.74, 6) is 0.512. The number of aryl methyl sites for hydroxylation is 2. The molecule has 3 saturated carbocycles. The molecule has 0 amide bonds. The van der Waals surface area contributed by atoms with Crippen molar-refractivity contribution >= 4 is 38.3 Å². The minimum absolute atomic E-state index is 0.0839. The van der Waals surface area contributed by atoms with Gasteiger partial charge in [-0.25, -0.2) is 18.4 Å². The first-order valence-electron chi connectivity index (χ1n) is 15.3. The molecule has 226 valence electrons. The Bertz CT molecular complexity index is 1760. The highest BCUT2D eigenvalue weighted by Crippen LogP contribution is 2.50. The highest BCUT2D eigenvalue weighted by atomic mass is 35.5. The lowest BCUT2D eigenvalue weighted by atomic mass is 9.61. The van der Waals surface area contributed by atoms with Crippen molar-refractivity contribution in [3.05, 3.63) is 76.7 Å². The summed E-state index contributed by atoms with van der Waals surface area (Å²) in [5.41, 5.74) is 5.96. The lowest BCUT2D eigenvalue weighted by Crippen LogP contribution is -2.59. The largest absolute Gasteiger partial charge is 0.349 e. The van der Waals surface area contributed by atoms with Crippen LogP contribution in [-0.4, -0.2) is 53.4 Å². The smallest absolute Gasteiger partial charge is 0.223 e. The van der Waals surface area contributed by atoms with Gasteiger partial charge in [0.2, 0.25) is 5.95 Å². The van der Waals surface area contributed by atoms with Gasteiger partial charge in [-0.3, -0.25) is 4.98 Å². The summed E-state index contributed by atoms with van der Waals surface area (Å²) >= 11 is 6.19. The Morgan fingerprint density at radius 1 is 0.930 bits per heavy atom. The van der Waals surface area contributed by atoms with Gasteiger partial charge in [0.05, 0.1) is 26.9 Å². The lowest BCUT2D eigenvalue weighted by Gasteiger charge is -2.56. The molecule has 0 spiro atoms. The fourth-order valence-corrected chi connectivity index (χ4v) is 8.94. The van der Waals surface area contributed by atoms with Crippen molar-refractivity contribution < 1.29 is 8.42 Å². The summed E-state index contributed by atoms with van der Waals surface area (Å²) in [5, 5.41) is 4.99. The summed E-state index contributed by atoms with van der Waals surface area (Å²) in [6.45, 7) is 4.19. The van der Waals surface area contributed by atoms with Crippen molar-refractivity contribution in [2.45, 2.75) is 86.9 Å². The summed E-state index contributed by atoms with van der Waals surface area (Å²) in [6, 6.07) is 14.6. The van der Waals surface area contributed by atoms with Crippen LogP contribution in [0.1, 0.15) is 69.3 Å². The maximum absolute atomic E-state index is 13.1. The van der Waals surface area contributed by atoms with Crippen molar-refractivity contribution in [2.24, 2.45) is 0 Å². The maximum atomic E-state index is 13.1. The van der Waals surface area contributed by atoms with Gasteiger partial charge in [-0.05, 0) is 107 Å². The third-order valence-corrected chi connectivity index (χ3v) is 12.0. The normalized spacial score (nSPS) is 21.9. The van der Waals surface area contributed by atoms with Gasteiger partial charge >= 0.3 is 0 Å². The number of rotatable bonds is 9. The summed E-state index contributed by atoms with van der Waals surface area (Å²) in [4.78, 5) is 17.2. The molecular formula is C34H40ClN5O2S. The molecule has 2 aromatic carbocycles. The van der Waals surface area contributed by atoms with Crippen LogP contribution < -0.4 is 5.32 Å². The lowest BCUT2D eigenvalue weighted by molar-refractivity contribution is 0.0152. The third-order valence-electron chi connectivity index (χ3n) is 9.86. The molecule has 3 aliphatic rings. The van der Waals surface area contributed by atoms with E-state index in [0.717, 1.165) is 59.0 Å². The molecule has 7 rings (SSSR count). The monoisotopic (exact) mass is 617 g/mol. The van der Waals surface area contributed by atoms with Crippen LogP contribution in [0.2, 0.25) is 5.02 Å². The molecule has 4 aromatic rings. The Morgan fingerprint density at radius 2 is 1.65 bits per heavy atom. The Labute approximate surface area is 260 Å². The summed E-state index contributed by atoms with van der Waals surface area (Å²) in [7, 11) is 0.813. The topological polar surface area (TPSA) is 88.1 Å². The summed E-state index contributed by atoms with van der Waals surface area (Å²) in [6.07, 6.45) is 10.5. The second-order valence-corrected chi connectivity index (χ2v) is 14.8. The molecule has 0 unspecified atom stereocenters. The number of fused-ring (bicyclic) bond motifs is 4. The van der Waals surface area contributed by atoms with E-state index in [9.17, 15) is 8.42 Å². The van der Waals surface area contributed by atoms with Crippen molar-refractivity contribution in [3.63, 3.8) is 0 Å². The minimum Gasteiger partial charge on any atom is -0.349 e. The van der Waals surface area contributed by atoms with Crippen LogP contribution in [0.15, 0.2) is 59.6 Å². The van der Waals surface area contributed by atoms with Crippen LogP contribution in [0.4, 0.5) is 5.95 Å². The van der Waals surface area contributed by atoms with Crippen LogP contribution >= 0.6 is 11.6 Å². The van der Waals surface area contributed by atoms with Gasteiger partial charge in [-0.15, -0.1) is 0 Å². The zero-order valence-electron chi connectivity index (χ0n) is 25.5. The van der Waals surface area contributed by atoms with E-state index >= 15 is 0 Å². The van der Waals surface area contributed by atoms with E-state index in [1.165, 1.54) is 25.3 Å². The van der Waals surface area contributed by atoms with Crippen LogP contribution in [0.25, 0.3) is 22.0 Å². The van der Waals surface area contributed by atoms with E-state index in [1.54, 1.807) is 24.3 Å². The van der Waals surface area contributed by atoms with Gasteiger partial charge < -0.3 is 10.2 Å². The fourth-order valence-electron chi connectivity index (χ4n) is 7.09. The van der Waals surface area contributed by atoms with Crippen molar-refractivity contribution in [1.29, 1.82) is 0 Å². The number of benzene rings is 2. The maximum Gasteiger partial charge on any atom is 0.223 e. The van der Waals surface area contributed by atoms with Gasteiger partial charge in [0.25, 0.3) is 0 Å². The van der Waals surface area contributed by atoms with Gasteiger partial charge in [0, 0.05) is 33.9 Å². The molecule has 3 aliphatic carbocycles. The number of pyridine rings is 1. The zero-order chi connectivity index (χ0) is 30.4. The molecule has 0 radical (unpaired) electrons. The zero-order valence-corrected chi connectivity index (χ0v) is 27.0. The fraction of sp³-hybridized carbons (Fsp3) is 0.441. The first-order valence-corrected chi connectivity index (χ1v) is 17.3. The molecule has 7 nitrogen and oxygen atoms in total. The molecule has 2 aromatic heterocycles. The summed E-state index contributed by atoms with van der Waals surface area (Å²) < 4.78 is 26.2. The van der Waals surface area contributed by atoms with Crippen LogP contribution in [-0.2, 0) is 28.4 Å². The molecule has 3 fully saturated rings. The number of aromatic nitrogens is 3. The molecule has 2 heterocycles. The number of sulfone groups is 1. The van der Waals surface area contributed by atoms with Gasteiger partial charge in [0.15, 0.2) is 9.84 Å². The van der Waals surface area contributed by atoms with E-state index in [-0.39, 0.29) is 21.2 Å². The number of hydrogen-bond acceptors (Lipinski definition) is 7. The highest BCUT2D eigenvalue weighted by Gasteiger charge is 2.49. The SMILES string of the molecule is CCc1nc(CS(=O)(=O)c2ccccc2Cl)ccc1-c1cc(CC)c2nc(NC34CCC(N(C)C)(CC3)CC4)ncc2c1. The van der Waals surface area contributed by atoms with Crippen LogP contribution in [0.5, 0.6) is 0 Å². The first kappa shape index (κ1) is 30.0. The molecular weight excluding hydrogens is 578 g/mol. The molecule has 9 heteroatoms. The molecule has 0 aliphatic heterocycles. The Kier molecular flexibility index (Phi) is 7.98. The van der Waals surface area contributed by atoms with Gasteiger partial charge in [0.1, 0.15) is 0 Å². The van der Waals surface area contributed by atoms with E-state index in [2.05, 4.69) is 43.4 Å². The minimum atomic E-state index is -3.63. The first-order chi connectivity index (χ1) is 20.6. The predicted molar refractivity (Wildman–Crippen MR) is 174 cm³/mol. The van der Waals surface area contributed by atoms with Crippen LogP contribution in [0, 0.1) is 0 Å². The molecule has 0 saturated heterocycles. The van der Waals surface area contributed by atoms with E-state index < -0.39 is 9.84 Å². The van der Waals surface area contributed by atoms with E-state index in [1.807, 2.05) is 19.2 Å². The number of nitrogens with zero attached hydrogens (tertiary/aromatic N) is 4. The molecule has 2 bridgehead atoms. The standard InChI is InChI=1S/C34H40ClN5O2S/c1-5-23-19-24(27-12-11-26(37-29(27)6-2)22-43(41,42)30-10-8-7-9-28(30)35)20-25-21-36-32(38-31(23)25)39-33-13-16-34(17-14-33,18-15-33)40(3)4/h7-12,19-21H,5-6,13-18,22H2,1-4H3,(H,36,38,39). The third kappa shape index (κ3) is 5.65. The van der Waals surface area contributed by atoms with Gasteiger partial charge in [-0.2, -0.15) is 0 Å². The quantitative estimate of drug-likeness (QED) is 0.211. The Balaban J connectivity index is 1.27. The highest BCUT2D eigenvalue weighted by molar-refractivity contribution is 7.90. The molecule has 0 atom stereocenters. The number of hydrogen-bond donors (Lipinski definition) is 1. The number of anilines is 1. The number of nitrogens with one attached hydrogen (secondary N) is 1. The van der Waals surface area contributed by atoms with Crippen molar-refractivity contribution in [2.75, 3.05) is 19.4 Å². The second kappa shape index (κ2) is 11.5. The van der Waals surface area contributed by atoms with E-state index in [4.69, 9.17) is 26.6 Å². The van der Waals surface area contributed by atoms with Crippen molar-refractivity contribution in [1.82, 2.24) is 19.9 Å². The van der Waals surface area contributed by atoms with E-state index in [0.29, 0.717) is 23.6 Å². The molecule has 43 heavy (non-hydrogen) atoms. The van der Waals surface area contributed by atoms with Crippen molar-refractivity contribution in [3.8, 4) is 11.1 Å².